The molecule has 0 fully saturated rings. The van der Waals surface area contributed by atoms with Crippen LogP contribution in [0.25, 0.3) is 16.7 Å². The van der Waals surface area contributed by atoms with Crippen LogP contribution in [0.4, 0.5) is 0 Å². The first-order valence-corrected chi connectivity index (χ1v) is 8.36. The fourth-order valence-electron chi connectivity index (χ4n) is 3.50. The molecule has 0 aliphatic carbocycles. The van der Waals surface area contributed by atoms with Crippen LogP contribution in [0.2, 0.25) is 5.02 Å². The number of nitrogens with zero attached hydrogens (tertiary/aromatic N) is 1. The molecule has 1 N–H and O–H groups in total. The molecule has 5 rings (SSSR count). The van der Waals surface area contributed by atoms with Crippen molar-refractivity contribution in [1.82, 2.24) is 9.88 Å². The first kappa shape index (κ1) is 13.9. The molecule has 118 valence electrons. The van der Waals surface area contributed by atoms with E-state index in [1.54, 1.807) is 0 Å². The predicted octanol–water partition coefficient (Wildman–Crippen LogP) is 5.07. The van der Waals surface area contributed by atoms with Crippen LogP contribution in [-0.2, 0) is 6.54 Å². The van der Waals surface area contributed by atoms with Crippen molar-refractivity contribution in [1.29, 1.82) is 0 Å². The van der Waals surface area contributed by atoms with Crippen LogP contribution in [-0.4, -0.2) is 4.57 Å². The number of halogens is 1. The first-order valence-electron chi connectivity index (χ1n) is 7.98. The number of para-hydroxylation sites is 1. The minimum atomic E-state index is -0.0177. The molecule has 0 saturated carbocycles. The topological polar surface area (TPSA) is 30.1 Å². The van der Waals surface area contributed by atoms with E-state index in [0.717, 1.165) is 38.7 Å². The molecule has 1 aliphatic heterocycles. The molecule has 0 spiro atoms. The average Bonchev–Trinajstić information content (AvgIpc) is 3.20. The summed E-state index contributed by atoms with van der Waals surface area (Å²) in [4.78, 5) is 0. The van der Waals surface area contributed by atoms with Crippen molar-refractivity contribution in [3.8, 4) is 5.69 Å². The molecule has 2 aromatic carbocycles. The maximum absolute atomic E-state index is 6.43. The summed E-state index contributed by atoms with van der Waals surface area (Å²) in [5, 5.41) is 5.50. The third-order valence-corrected chi connectivity index (χ3v) is 5.00. The van der Waals surface area contributed by atoms with Crippen molar-refractivity contribution < 1.29 is 4.42 Å². The summed E-state index contributed by atoms with van der Waals surface area (Å²) in [5.74, 6) is 0.917. The maximum Gasteiger partial charge on any atom is 0.134 e. The summed E-state index contributed by atoms with van der Waals surface area (Å²) in [6, 6.07) is 20.4. The Bertz CT molecular complexity index is 1010. The fourth-order valence-corrected chi connectivity index (χ4v) is 3.73. The van der Waals surface area contributed by atoms with Gasteiger partial charge in [-0.2, -0.15) is 0 Å². The number of hydrogen-bond donors (Lipinski definition) is 1. The van der Waals surface area contributed by atoms with Crippen molar-refractivity contribution in [2.24, 2.45) is 0 Å². The van der Waals surface area contributed by atoms with Gasteiger partial charge in [0.1, 0.15) is 17.4 Å². The lowest BCUT2D eigenvalue weighted by atomic mass is 10.1. The second-order valence-electron chi connectivity index (χ2n) is 6.04. The third-order valence-electron chi connectivity index (χ3n) is 4.64. The molecular weight excluding hydrogens is 320 g/mol. The highest BCUT2D eigenvalue weighted by atomic mass is 35.5. The van der Waals surface area contributed by atoms with Crippen molar-refractivity contribution in [2.75, 3.05) is 0 Å². The number of fused-ring (bicyclic) bond motifs is 4. The zero-order valence-electron chi connectivity index (χ0n) is 12.9. The molecule has 4 heteroatoms. The molecule has 24 heavy (non-hydrogen) atoms. The van der Waals surface area contributed by atoms with Gasteiger partial charge in [-0.05, 0) is 36.4 Å². The van der Waals surface area contributed by atoms with Crippen LogP contribution >= 0.6 is 11.6 Å². The summed E-state index contributed by atoms with van der Waals surface area (Å²) < 4.78 is 8.30. The molecule has 3 nitrogen and oxygen atoms in total. The van der Waals surface area contributed by atoms with Crippen LogP contribution in [0.3, 0.4) is 0 Å². The zero-order chi connectivity index (χ0) is 16.1. The molecule has 0 amide bonds. The number of furan rings is 1. The number of nitrogens with one attached hydrogen (secondary N) is 1. The molecule has 4 aromatic rings. The standard InChI is InChI=1S/C20H15ClN2O/c21-15-6-3-7-16-14(15)12-22-20(17-8-4-10-23(16)17)19-11-13-5-1-2-9-18(13)24-19/h1-11,20,22H,12H2. The van der Waals surface area contributed by atoms with Gasteiger partial charge >= 0.3 is 0 Å². The van der Waals surface area contributed by atoms with E-state index in [2.05, 4.69) is 46.4 Å². The van der Waals surface area contributed by atoms with Gasteiger partial charge in [-0.1, -0.05) is 35.9 Å². The lowest BCUT2D eigenvalue weighted by Crippen LogP contribution is -2.20. The Morgan fingerprint density at radius 2 is 1.96 bits per heavy atom. The summed E-state index contributed by atoms with van der Waals surface area (Å²) in [7, 11) is 0. The highest BCUT2D eigenvalue weighted by Gasteiger charge is 2.26. The van der Waals surface area contributed by atoms with Gasteiger partial charge in [0.25, 0.3) is 0 Å². The highest BCUT2D eigenvalue weighted by Crippen LogP contribution is 2.35. The fraction of sp³-hybridized carbons (Fsp3) is 0.100. The molecule has 3 heterocycles. The van der Waals surface area contributed by atoms with Crippen LogP contribution in [0.15, 0.2) is 71.3 Å². The third kappa shape index (κ3) is 2.02. The van der Waals surface area contributed by atoms with E-state index in [1.165, 1.54) is 0 Å². The number of rotatable bonds is 1. The van der Waals surface area contributed by atoms with Gasteiger partial charge in [0.2, 0.25) is 0 Å². The van der Waals surface area contributed by atoms with E-state index >= 15 is 0 Å². The van der Waals surface area contributed by atoms with Gasteiger partial charge in [0.15, 0.2) is 0 Å². The Hall–Kier alpha value is -2.49. The summed E-state index contributed by atoms with van der Waals surface area (Å²) in [6.45, 7) is 0.693. The van der Waals surface area contributed by atoms with E-state index in [-0.39, 0.29) is 6.04 Å². The van der Waals surface area contributed by atoms with Gasteiger partial charge in [-0.25, -0.2) is 0 Å². The van der Waals surface area contributed by atoms with Gasteiger partial charge in [-0.15, -0.1) is 0 Å². The Labute approximate surface area is 144 Å². The quantitative estimate of drug-likeness (QED) is 0.526. The van der Waals surface area contributed by atoms with Crippen LogP contribution in [0, 0.1) is 0 Å². The second kappa shape index (κ2) is 5.26. The molecular formula is C20H15ClN2O. The van der Waals surface area contributed by atoms with Gasteiger partial charge in [0, 0.05) is 34.4 Å². The van der Waals surface area contributed by atoms with E-state index < -0.39 is 0 Å². The molecule has 0 saturated heterocycles. The van der Waals surface area contributed by atoms with E-state index in [0.29, 0.717) is 6.54 Å². The van der Waals surface area contributed by atoms with Crippen LogP contribution in [0.5, 0.6) is 0 Å². The predicted molar refractivity (Wildman–Crippen MR) is 95.7 cm³/mol. The molecule has 0 radical (unpaired) electrons. The Balaban J connectivity index is 1.69. The molecule has 1 aliphatic rings. The van der Waals surface area contributed by atoms with Gasteiger partial charge in [0.05, 0.1) is 5.69 Å². The van der Waals surface area contributed by atoms with E-state index in [1.807, 2.05) is 30.3 Å². The average molecular weight is 335 g/mol. The van der Waals surface area contributed by atoms with Gasteiger partial charge < -0.3 is 8.98 Å². The summed E-state index contributed by atoms with van der Waals surface area (Å²) in [6.07, 6.45) is 2.08. The van der Waals surface area contributed by atoms with E-state index in [4.69, 9.17) is 16.0 Å². The lowest BCUT2D eigenvalue weighted by molar-refractivity contribution is 0.465. The Morgan fingerprint density at radius 1 is 1.04 bits per heavy atom. The normalized spacial score (nSPS) is 16.6. The number of benzene rings is 2. The zero-order valence-corrected chi connectivity index (χ0v) is 13.6. The summed E-state index contributed by atoms with van der Waals surface area (Å²) >= 11 is 6.43. The minimum Gasteiger partial charge on any atom is -0.459 e. The van der Waals surface area contributed by atoms with Crippen molar-refractivity contribution in [2.45, 2.75) is 12.6 Å². The van der Waals surface area contributed by atoms with Crippen molar-refractivity contribution in [3.63, 3.8) is 0 Å². The Kier molecular flexibility index (Phi) is 3.05. The molecule has 0 bridgehead atoms. The van der Waals surface area contributed by atoms with Gasteiger partial charge in [-0.3, -0.25) is 5.32 Å². The monoisotopic (exact) mass is 334 g/mol. The summed E-state index contributed by atoms with van der Waals surface area (Å²) in [5.41, 5.74) is 4.28. The number of hydrogen-bond acceptors (Lipinski definition) is 2. The number of aromatic nitrogens is 1. The lowest BCUT2D eigenvalue weighted by Gasteiger charge is -2.14. The molecule has 1 atom stereocenters. The largest absolute Gasteiger partial charge is 0.459 e. The smallest absolute Gasteiger partial charge is 0.134 e. The Morgan fingerprint density at radius 3 is 2.88 bits per heavy atom. The second-order valence-corrected chi connectivity index (χ2v) is 6.45. The maximum atomic E-state index is 6.43. The minimum absolute atomic E-state index is 0.0177. The molecule has 1 unspecified atom stereocenters. The molecule has 2 aromatic heterocycles. The van der Waals surface area contributed by atoms with Crippen molar-refractivity contribution >= 4 is 22.6 Å². The van der Waals surface area contributed by atoms with Crippen LogP contribution in [0.1, 0.15) is 23.1 Å². The highest BCUT2D eigenvalue weighted by molar-refractivity contribution is 6.31. The van der Waals surface area contributed by atoms with Crippen molar-refractivity contribution in [3.05, 3.63) is 88.9 Å². The van der Waals surface area contributed by atoms with E-state index in [9.17, 15) is 0 Å². The SMILES string of the molecule is Clc1cccc2c1CNC(c1cc3ccccc3o1)c1cccn1-2. The van der Waals surface area contributed by atoms with Crippen LogP contribution < -0.4 is 5.32 Å². The first-order chi connectivity index (χ1) is 11.8.